The minimum atomic E-state index is -0.803. The monoisotopic (exact) mass is 567 g/mol. The van der Waals surface area contributed by atoms with Crippen LogP contribution in [0.25, 0.3) is 0 Å². The molecule has 0 bridgehead atoms. The minimum Gasteiger partial charge on any atom is -0.481 e. The first-order valence-corrected chi connectivity index (χ1v) is 14.6. The average Bonchev–Trinajstić information content (AvgIpc) is 3.39. The summed E-state index contributed by atoms with van der Waals surface area (Å²) in [6.07, 6.45) is 6.18. The Morgan fingerprint density at radius 2 is 1.70 bits per heavy atom. The highest BCUT2D eigenvalue weighted by atomic mass is 32.2. The number of hydrogen-bond donors (Lipinski definition) is 3. The van der Waals surface area contributed by atoms with Gasteiger partial charge in [-0.25, -0.2) is 4.98 Å². The predicted molar refractivity (Wildman–Crippen MR) is 151 cm³/mol. The molecular weight excluding hydrogens is 530 g/mol. The molecule has 214 valence electrons. The first-order valence-electron chi connectivity index (χ1n) is 13.6. The molecule has 1 aliphatic heterocycles. The second-order valence-corrected chi connectivity index (χ2v) is 10.9. The van der Waals surface area contributed by atoms with Crippen molar-refractivity contribution in [2.24, 2.45) is 7.05 Å². The van der Waals surface area contributed by atoms with E-state index in [0.29, 0.717) is 32.2 Å². The maximum absolute atomic E-state index is 12.2. The molecule has 3 unspecified atom stereocenters. The smallest absolute Gasteiger partial charge is 0.303 e. The molecule has 2 aromatic carbocycles. The van der Waals surface area contributed by atoms with Crippen LogP contribution in [-0.4, -0.2) is 43.5 Å². The number of amides is 1. The molecule has 1 saturated heterocycles. The van der Waals surface area contributed by atoms with E-state index in [4.69, 9.17) is 14.6 Å². The van der Waals surface area contributed by atoms with Gasteiger partial charge in [0.25, 0.3) is 0 Å². The number of aliphatic hydroxyl groups is 1. The number of carboxylic acids is 1. The van der Waals surface area contributed by atoms with Gasteiger partial charge in [0.2, 0.25) is 5.91 Å². The van der Waals surface area contributed by atoms with Crippen molar-refractivity contribution < 1.29 is 29.3 Å². The molecule has 1 fully saturated rings. The number of hydrogen-bond acceptors (Lipinski definition) is 7. The van der Waals surface area contributed by atoms with Crippen LogP contribution in [0.2, 0.25) is 0 Å². The Kier molecular flexibility index (Phi) is 11.2. The highest BCUT2D eigenvalue weighted by Crippen LogP contribution is 2.39. The van der Waals surface area contributed by atoms with Crippen molar-refractivity contribution in [3.05, 3.63) is 83.2 Å². The third-order valence-electron chi connectivity index (χ3n) is 6.83. The van der Waals surface area contributed by atoms with Gasteiger partial charge in [-0.05, 0) is 29.5 Å². The van der Waals surface area contributed by atoms with Crippen molar-refractivity contribution in [2.45, 2.75) is 75.3 Å². The molecule has 9 nitrogen and oxygen atoms in total. The number of benzene rings is 2. The van der Waals surface area contributed by atoms with E-state index in [9.17, 15) is 14.7 Å². The lowest BCUT2D eigenvalue weighted by atomic mass is 10.0. The number of nitrogens with zero attached hydrogens (tertiary/aromatic N) is 2. The number of aromatic nitrogens is 2. The third-order valence-corrected chi connectivity index (χ3v) is 8.02. The maximum atomic E-state index is 12.2. The van der Waals surface area contributed by atoms with Gasteiger partial charge in [-0.3, -0.25) is 9.59 Å². The first kappa shape index (κ1) is 29.8. The van der Waals surface area contributed by atoms with Gasteiger partial charge in [0.1, 0.15) is 0 Å². The molecule has 3 N–H and O–H groups in total. The third kappa shape index (κ3) is 8.92. The maximum Gasteiger partial charge on any atom is 0.303 e. The van der Waals surface area contributed by atoms with E-state index >= 15 is 0 Å². The number of rotatable bonds is 14. The van der Waals surface area contributed by atoms with Crippen molar-refractivity contribution in [3.63, 3.8) is 0 Å². The van der Waals surface area contributed by atoms with Gasteiger partial charge in [-0.2, -0.15) is 0 Å². The van der Waals surface area contributed by atoms with Crippen molar-refractivity contribution in [1.82, 2.24) is 14.9 Å². The van der Waals surface area contributed by atoms with E-state index in [2.05, 4.69) is 10.3 Å². The number of thioether (sulfide) groups is 1. The molecule has 40 heavy (non-hydrogen) atoms. The zero-order chi connectivity index (χ0) is 28.3. The summed E-state index contributed by atoms with van der Waals surface area (Å²) in [6.45, 7) is 0.420. The zero-order valence-corrected chi connectivity index (χ0v) is 23.5. The van der Waals surface area contributed by atoms with E-state index in [1.807, 2.05) is 66.3 Å². The summed E-state index contributed by atoms with van der Waals surface area (Å²) < 4.78 is 14.8. The van der Waals surface area contributed by atoms with Crippen molar-refractivity contribution in [3.8, 4) is 0 Å². The Bertz CT molecular complexity index is 1230. The molecule has 3 atom stereocenters. The van der Waals surface area contributed by atoms with E-state index in [1.165, 1.54) is 0 Å². The van der Waals surface area contributed by atoms with E-state index < -0.39 is 12.3 Å². The normalized spacial score (nSPS) is 18.9. The number of carbonyl (C=O) groups excluding carboxylic acids is 1. The van der Waals surface area contributed by atoms with Gasteiger partial charge in [0.05, 0.1) is 18.8 Å². The summed E-state index contributed by atoms with van der Waals surface area (Å²) in [7, 11) is 1.97. The fourth-order valence-electron chi connectivity index (χ4n) is 4.50. The Morgan fingerprint density at radius 3 is 2.38 bits per heavy atom. The molecule has 1 amide bonds. The number of ether oxygens (including phenoxy) is 2. The van der Waals surface area contributed by atoms with E-state index in [1.54, 1.807) is 18.0 Å². The number of aliphatic carboxylic acids is 1. The Hall–Kier alpha value is -3.18. The minimum absolute atomic E-state index is 0.0000647. The number of unbranched alkanes of at least 4 members (excludes halogenated alkanes) is 2. The van der Waals surface area contributed by atoms with Crippen LogP contribution in [0.4, 0.5) is 0 Å². The Morgan fingerprint density at radius 1 is 1.00 bits per heavy atom. The van der Waals surface area contributed by atoms with E-state index in [-0.39, 0.29) is 31.1 Å². The van der Waals surface area contributed by atoms with Crippen LogP contribution >= 0.6 is 11.8 Å². The van der Waals surface area contributed by atoms with Crippen LogP contribution in [0.15, 0.2) is 66.1 Å². The average molecular weight is 568 g/mol. The summed E-state index contributed by atoms with van der Waals surface area (Å²) in [4.78, 5) is 27.1. The number of aliphatic hydroxyl groups excluding tert-OH is 1. The second kappa shape index (κ2) is 15.0. The SMILES string of the molecule is Cn1ccnc1SCC1CC(c2ccc(CO)cc2)OC(c2ccc(CNC(=O)CCCCCC(=O)O)cc2)O1. The highest BCUT2D eigenvalue weighted by molar-refractivity contribution is 7.99. The molecule has 3 aromatic rings. The van der Waals surface area contributed by atoms with Gasteiger partial charge in [-0.15, -0.1) is 0 Å². The van der Waals surface area contributed by atoms with Gasteiger partial charge < -0.3 is 29.6 Å². The standard InChI is InChI=1S/C30H37N3O6S/c1-33-16-15-31-30(33)40-20-25-17-26(23-11-9-22(19-34)10-12-23)39-29(38-25)24-13-7-21(8-14-24)18-32-27(35)5-3-2-4-6-28(36)37/h7-16,25-26,29,34H,2-6,17-20H2,1H3,(H,32,35)(H,36,37). The molecule has 1 aromatic heterocycles. The summed E-state index contributed by atoms with van der Waals surface area (Å²) >= 11 is 1.65. The number of nitrogens with one attached hydrogen (secondary N) is 1. The number of carboxylic acid groups (broad SMARTS) is 1. The van der Waals surface area contributed by atoms with Crippen molar-refractivity contribution in [1.29, 1.82) is 0 Å². The molecule has 0 radical (unpaired) electrons. The van der Waals surface area contributed by atoms with Crippen LogP contribution in [-0.2, 0) is 39.3 Å². The summed E-state index contributed by atoms with van der Waals surface area (Å²) in [6, 6.07) is 15.7. The molecule has 2 heterocycles. The van der Waals surface area contributed by atoms with Crippen molar-refractivity contribution >= 4 is 23.6 Å². The zero-order valence-electron chi connectivity index (χ0n) is 22.7. The lowest BCUT2D eigenvalue weighted by molar-refractivity contribution is -0.245. The van der Waals surface area contributed by atoms with E-state index in [0.717, 1.165) is 39.6 Å². The van der Waals surface area contributed by atoms with Crippen LogP contribution in [0.1, 0.15) is 73.2 Å². The molecule has 0 aliphatic carbocycles. The van der Waals surface area contributed by atoms with Gasteiger partial charge in [0, 0.05) is 56.6 Å². The Balaban J connectivity index is 1.35. The molecular formula is C30H37N3O6S. The second-order valence-electron chi connectivity index (χ2n) is 9.95. The summed E-state index contributed by atoms with van der Waals surface area (Å²) in [5, 5.41) is 22.0. The molecule has 0 spiro atoms. The molecule has 10 heteroatoms. The summed E-state index contributed by atoms with van der Waals surface area (Å²) in [5.74, 6) is -0.111. The highest BCUT2D eigenvalue weighted by Gasteiger charge is 2.32. The molecule has 4 rings (SSSR count). The van der Waals surface area contributed by atoms with Crippen LogP contribution < -0.4 is 5.32 Å². The lowest BCUT2D eigenvalue weighted by Gasteiger charge is -2.36. The molecule has 1 aliphatic rings. The van der Waals surface area contributed by atoms with Crippen molar-refractivity contribution in [2.75, 3.05) is 5.75 Å². The van der Waals surface area contributed by atoms with Gasteiger partial charge in [-0.1, -0.05) is 66.7 Å². The number of imidazole rings is 1. The predicted octanol–water partition coefficient (Wildman–Crippen LogP) is 4.90. The number of carbonyl (C=O) groups is 2. The van der Waals surface area contributed by atoms with Crippen LogP contribution in [0, 0.1) is 0 Å². The fourth-order valence-corrected chi connectivity index (χ4v) is 5.45. The summed E-state index contributed by atoms with van der Waals surface area (Å²) in [5.41, 5.74) is 3.77. The van der Waals surface area contributed by atoms with Gasteiger partial charge >= 0.3 is 5.97 Å². The lowest BCUT2D eigenvalue weighted by Crippen LogP contribution is -2.31. The topological polar surface area (TPSA) is 123 Å². The van der Waals surface area contributed by atoms with Gasteiger partial charge in [0.15, 0.2) is 11.4 Å². The Labute approximate surface area is 238 Å². The fraction of sp³-hybridized carbons (Fsp3) is 0.433. The first-order chi connectivity index (χ1) is 19.4. The largest absolute Gasteiger partial charge is 0.481 e. The molecule has 0 saturated carbocycles. The quantitative estimate of drug-likeness (QED) is 0.186. The van der Waals surface area contributed by atoms with Crippen LogP contribution in [0.3, 0.4) is 0 Å². The number of aryl methyl sites for hydroxylation is 1. The van der Waals surface area contributed by atoms with Crippen LogP contribution in [0.5, 0.6) is 0 Å².